The van der Waals surface area contributed by atoms with E-state index in [9.17, 15) is 9.59 Å². The second kappa shape index (κ2) is 7.78. The van der Waals surface area contributed by atoms with Gasteiger partial charge in [-0.25, -0.2) is 9.69 Å². The molecule has 0 bridgehead atoms. The maximum Gasteiger partial charge on any atom is 0.329 e. The Kier molecular flexibility index (Phi) is 5.65. The number of amides is 3. The summed E-state index contributed by atoms with van der Waals surface area (Å²) in [5.41, 5.74) is -0.143. The fraction of sp³-hybridized carbons (Fsp3) is 0.368. The predicted molar refractivity (Wildman–Crippen MR) is 103 cm³/mol. The van der Waals surface area contributed by atoms with Gasteiger partial charge in [0.15, 0.2) is 6.67 Å². The number of imide groups is 1. The summed E-state index contributed by atoms with van der Waals surface area (Å²) in [5, 5.41) is 2.94. The number of halogens is 1. The molecule has 0 saturated carbocycles. The molecule has 3 rings (SSSR count). The second-order valence-corrected chi connectivity index (χ2v) is 8.23. The molecule has 2 aromatic rings. The van der Waals surface area contributed by atoms with Crippen LogP contribution in [0.15, 0.2) is 42.5 Å². The van der Waals surface area contributed by atoms with Gasteiger partial charge in [0, 0.05) is 0 Å². The topological polar surface area (TPSA) is 53.9 Å². The van der Waals surface area contributed by atoms with Crippen LogP contribution in [0.25, 0.3) is 0 Å². The van der Waals surface area contributed by atoms with E-state index in [1.165, 1.54) is 16.2 Å². The largest absolute Gasteiger partial charge is 0.329 e. The maximum atomic E-state index is 13.2. The van der Waals surface area contributed by atoms with Gasteiger partial charge < -0.3 is 10.2 Å². The average molecular weight is 393 g/mol. The molecule has 0 aliphatic carbocycles. The zero-order valence-corrected chi connectivity index (χ0v) is 16.5. The Morgan fingerprint density at radius 2 is 1.88 bits per heavy atom. The average Bonchev–Trinajstić information content (AvgIpc) is 3.17. The minimum Gasteiger partial charge on any atom is -0.319 e. The van der Waals surface area contributed by atoms with E-state index >= 15 is 0 Å². The lowest BCUT2D eigenvalue weighted by Gasteiger charge is -2.26. The summed E-state index contributed by atoms with van der Waals surface area (Å²) < 4.78 is 0.750. The van der Waals surface area contributed by atoms with Gasteiger partial charge in [-0.1, -0.05) is 48.9 Å². The molecule has 26 heavy (non-hydrogen) atoms. The van der Waals surface area contributed by atoms with Gasteiger partial charge in [0.1, 0.15) is 12.1 Å². The molecule has 7 heteroatoms. The zero-order valence-electron chi connectivity index (χ0n) is 14.9. The fourth-order valence-corrected chi connectivity index (χ4v) is 4.50. The number of hydrogen-bond donors (Lipinski definition) is 2. The number of carbonyl (C=O) groups excluding carboxylic acids is 2. The van der Waals surface area contributed by atoms with E-state index in [1.54, 1.807) is 0 Å². The van der Waals surface area contributed by atoms with Crippen molar-refractivity contribution in [2.24, 2.45) is 0 Å². The number of thiophene rings is 1. The predicted octanol–water partition coefficient (Wildman–Crippen LogP) is 2.62. The molecule has 0 radical (unpaired) electrons. The van der Waals surface area contributed by atoms with Gasteiger partial charge >= 0.3 is 6.03 Å². The molecule has 1 aromatic carbocycles. The van der Waals surface area contributed by atoms with Crippen LogP contribution in [0.2, 0.25) is 4.34 Å². The molecule has 5 nitrogen and oxygen atoms in total. The first-order valence-electron chi connectivity index (χ1n) is 8.77. The number of urea groups is 1. The van der Waals surface area contributed by atoms with Crippen molar-refractivity contribution in [3.05, 3.63) is 57.2 Å². The Hall–Kier alpha value is -1.89. The quantitative estimate of drug-likeness (QED) is 0.712. The molecule has 2 heterocycles. The first-order valence-corrected chi connectivity index (χ1v) is 9.97. The van der Waals surface area contributed by atoms with E-state index in [2.05, 4.69) is 5.32 Å². The van der Waals surface area contributed by atoms with E-state index in [-0.39, 0.29) is 11.9 Å². The van der Waals surface area contributed by atoms with E-state index in [4.69, 9.17) is 11.6 Å². The van der Waals surface area contributed by atoms with Gasteiger partial charge in [-0.15, -0.1) is 11.3 Å². The molecule has 2 N–H and O–H groups in total. The smallest absolute Gasteiger partial charge is 0.319 e. The van der Waals surface area contributed by atoms with Crippen LogP contribution in [0.3, 0.4) is 0 Å². The van der Waals surface area contributed by atoms with Crippen molar-refractivity contribution in [2.45, 2.75) is 32.4 Å². The summed E-state index contributed by atoms with van der Waals surface area (Å²) in [4.78, 5) is 29.4. The number of hydrogen-bond acceptors (Lipinski definition) is 3. The zero-order chi connectivity index (χ0) is 18.7. The van der Waals surface area contributed by atoms with Gasteiger partial charge in [-0.05, 0) is 31.0 Å². The number of rotatable bonds is 7. The van der Waals surface area contributed by atoms with Gasteiger partial charge in [0.2, 0.25) is 0 Å². The van der Waals surface area contributed by atoms with Crippen molar-refractivity contribution in [3.8, 4) is 0 Å². The third kappa shape index (κ3) is 3.49. The summed E-state index contributed by atoms with van der Waals surface area (Å²) in [7, 11) is 0. The van der Waals surface area contributed by atoms with Crippen molar-refractivity contribution in [2.75, 3.05) is 13.2 Å². The number of nitrogens with one attached hydrogen (secondary N) is 2. The molecule has 1 aliphatic rings. The Labute approximate surface area is 162 Å². The minimum absolute atomic E-state index is 0.175. The molecule has 1 saturated heterocycles. The first-order chi connectivity index (χ1) is 12.5. The summed E-state index contributed by atoms with van der Waals surface area (Å²) in [6.45, 7) is 5.85. The molecule has 0 spiro atoms. The monoisotopic (exact) mass is 392 g/mol. The normalized spacial score (nSPS) is 21.1. The van der Waals surface area contributed by atoms with Crippen LogP contribution >= 0.6 is 22.9 Å². The Balaban J connectivity index is 1.79. The summed E-state index contributed by atoms with van der Waals surface area (Å²) in [6, 6.07) is 13.0. The lowest BCUT2D eigenvalue weighted by atomic mass is 9.87. The van der Waals surface area contributed by atoms with E-state index in [0.29, 0.717) is 13.1 Å². The minimum atomic E-state index is -0.969. The standard InChI is InChI=1S/C19H22ClN3O2S/c1-3-19(14-8-6-5-7-9-14)17(24)23(18(25)21-19)13-22(4-2)12-15-10-11-16(20)26-15/h5-11H,3-4,12-13H2,1-2H3,(H,21,25)/p+1/t19-/m0/s1. The van der Waals surface area contributed by atoms with Crippen LogP contribution in [0.5, 0.6) is 0 Å². The summed E-state index contributed by atoms with van der Waals surface area (Å²) in [6.07, 6.45) is 0.514. The van der Waals surface area contributed by atoms with Crippen LogP contribution in [-0.4, -0.2) is 30.1 Å². The van der Waals surface area contributed by atoms with Crippen molar-refractivity contribution in [3.63, 3.8) is 0 Å². The highest BCUT2D eigenvalue weighted by Crippen LogP contribution is 2.31. The molecule has 1 aliphatic heterocycles. The SMILES string of the molecule is CC[NH+](Cc1ccc(Cl)s1)CN1C(=O)N[C@@](CC)(c2ccccc2)C1=O. The highest BCUT2D eigenvalue weighted by molar-refractivity contribution is 7.16. The van der Waals surface area contributed by atoms with Crippen molar-refractivity contribution >= 4 is 34.9 Å². The number of benzene rings is 1. The van der Waals surface area contributed by atoms with Crippen molar-refractivity contribution < 1.29 is 14.5 Å². The van der Waals surface area contributed by atoms with Crippen LogP contribution in [0.1, 0.15) is 30.7 Å². The highest BCUT2D eigenvalue weighted by Gasteiger charge is 2.52. The molecule has 1 unspecified atom stereocenters. The van der Waals surface area contributed by atoms with Crippen LogP contribution in [0, 0.1) is 0 Å². The third-order valence-electron chi connectivity index (χ3n) is 4.91. The number of carbonyl (C=O) groups is 2. The van der Waals surface area contributed by atoms with Crippen LogP contribution in [-0.2, 0) is 16.9 Å². The fourth-order valence-electron chi connectivity index (χ4n) is 3.34. The molecular weight excluding hydrogens is 370 g/mol. The van der Waals surface area contributed by atoms with Crippen LogP contribution < -0.4 is 10.2 Å². The first kappa shape index (κ1) is 18.9. The molecular formula is C19H23ClN3O2S+. The number of quaternary nitrogens is 1. The molecule has 3 amide bonds. The second-order valence-electron chi connectivity index (χ2n) is 6.43. The van der Waals surface area contributed by atoms with Gasteiger partial charge in [-0.2, -0.15) is 0 Å². The highest BCUT2D eigenvalue weighted by atomic mass is 35.5. The van der Waals surface area contributed by atoms with Crippen LogP contribution in [0.4, 0.5) is 4.79 Å². The Bertz CT molecular complexity index is 795. The van der Waals surface area contributed by atoms with E-state index < -0.39 is 5.54 Å². The Morgan fingerprint density at radius 1 is 1.15 bits per heavy atom. The summed E-state index contributed by atoms with van der Waals surface area (Å²) in [5.74, 6) is -0.175. The lowest BCUT2D eigenvalue weighted by Crippen LogP contribution is -3.12. The van der Waals surface area contributed by atoms with Crippen molar-refractivity contribution in [1.82, 2.24) is 10.2 Å². The lowest BCUT2D eigenvalue weighted by molar-refractivity contribution is -0.919. The molecule has 1 aromatic heterocycles. The maximum absolute atomic E-state index is 13.2. The third-order valence-corrected chi connectivity index (χ3v) is 6.14. The van der Waals surface area contributed by atoms with E-state index in [1.807, 2.05) is 56.3 Å². The Morgan fingerprint density at radius 3 is 2.46 bits per heavy atom. The molecule has 1 fully saturated rings. The van der Waals surface area contributed by atoms with Gasteiger partial charge in [-0.3, -0.25) is 4.79 Å². The molecule has 2 atom stereocenters. The molecule has 138 valence electrons. The van der Waals surface area contributed by atoms with Gasteiger partial charge in [0.25, 0.3) is 5.91 Å². The number of nitrogens with zero attached hydrogens (tertiary/aromatic N) is 1. The summed E-state index contributed by atoms with van der Waals surface area (Å²) >= 11 is 7.54. The van der Waals surface area contributed by atoms with Crippen molar-refractivity contribution in [1.29, 1.82) is 0 Å². The van der Waals surface area contributed by atoms with E-state index in [0.717, 1.165) is 32.8 Å². The van der Waals surface area contributed by atoms with Gasteiger partial charge in [0.05, 0.1) is 15.8 Å².